The largest absolute Gasteiger partial charge is 0.372 e. The fourth-order valence-electron chi connectivity index (χ4n) is 4.67. The minimum Gasteiger partial charge on any atom is -0.372 e. The lowest BCUT2D eigenvalue weighted by Crippen LogP contribution is -2.30. The fraction of sp³-hybridized carbons (Fsp3) is 0.286. The van der Waals surface area contributed by atoms with Gasteiger partial charge >= 0.3 is 0 Å². The van der Waals surface area contributed by atoms with Crippen LogP contribution in [-0.2, 0) is 17.8 Å². The second-order valence-electron chi connectivity index (χ2n) is 8.75. The molecule has 2 heterocycles. The van der Waals surface area contributed by atoms with Crippen LogP contribution in [0, 0.1) is 0 Å². The predicted molar refractivity (Wildman–Crippen MR) is 139 cm³/mol. The zero-order valence-electron chi connectivity index (χ0n) is 19.2. The highest BCUT2D eigenvalue weighted by Gasteiger charge is 2.24. The molecule has 0 bridgehead atoms. The van der Waals surface area contributed by atoms with Crippen molar-refractivity contribution in [3.8, 4) is 0 Å². The minimum absolute atomic E-state index is 0.0725. The summed E-state index contributed by atoms with van der Waals surface area (Å²) in [6.07, 6.45) is 3.41. The van der Waals surface area contributed by atoms with Crippen LogP contribution < -0.4 is 15.1 Å². The van der Waals surface area contributed by atoms with Crippen molar-refractivity contribution < 1.29 is 9.59 Å². The molecule has 5 rings (SSSR count). The lowest BCUT2D eigenvalue weighted by Gasteiger charge is -2.18. The molecule has 3 aromatic rings. The Labute approximate surface area is 205 Å². The summed E-state index contributed by atoms with van der Waals surface area (Å²) in [6.45, 7) is 3.44. The minimum atomic E-state index is -0.120. The first-order valence-electron chi connectivity index (χ1n) is 11.9. The average molecular weight is 472 g/mol. The molecule has 0 atom stereocenters. The van der Waals surface area contributed by atoms with Crippen LogP contribution in [0.15, 0.2) is 77.7 Å². The summed E-state index contributed by atoms with van der Waals surface area (Å²) in [6, 6.07) is 24.0. The van der Waals surface area contributed by atoms with Gasteiger partial charge in [0.2, 0.25) is 5.91 Å². The van der Waals surface area contributed by atoms with Crippen molar-refractivity contribution in [2.75, 3.05) is 35.2 Å². The van der Waals surface area contributed by atoms with Crippen LogP contribution in [0.4, 0.5) is 11.4 Å². The molecule has 34 heavy (non-hydrogen) atoms. The van der Waals surface area contributed by atoms with E-state index in [2.05, 4.69) is 40.5 Å². The topological polar surface area (TPSA) is 52.7 Å². The van der Waals surface area contributed by atoms with E-state index < -0.39 is 0 Å². The van der Waals surface area contributed by atoms with E-state index in [1.807, 2.05) is 47.4 Å². The first kappa shape index (κ1) is 22.5. The van der Waals surface area contributed by atoms with Crippen LogP contribution in [0.3, 0.4) is 0 Å². The molecular formula is C28H29N3O2S. The van der Waals surface area contributed by atoms with E-state index in [0.29, 0.717) is 17.9 Å². The summed E-state index contributed by atoms with van der Waals surface area (Å²) in [4.78, 5) is 30.9. The van der Waals surface area contributed by atoms with Gasteiger partial charge in [-0.15, -0.1) is 11.8 Å². The second kappa shape index (κ2) is 10.3. The number of rotatable bonds is 7. The summed E-state index contributed by atoms with van der Waals surface area (Å²) in [5.41, 5.74) is 5.16. The normalized spacial score (nSPS) is 14.8. The number of carbonyl (C=O) groups excluding carboxylic acids is 2. The Bertz CT molecular complexity index is 1170. The maximum Gasteiger partial charge on any atom is 0.252 e. The monoisotopic (exact) mass is 471 g/mol. The number of carbonyl (C=O) groups is 2. The van der Waals surface area contributed by atoms with Crippen molar-refractivity contribution >= 4 is 35.0 Å². The Morgan fingerprint density at radius 2 is 1.59 bits per heavy atom. The zero-order chi connectivity index (χ0) is 23.3. The van der Waals surface area contributed by atoms with Crippen molar-refractivity contribution in [2.45, 2.75) is 30.7 Å². The summed E-state index contributed by atoms with van der Waals surface area (Å²) < 4.78 is 0. The molecule has 174 valence electrons. The van der Waals surface area contributed by atoms with Gasteiger partial charge in [-0.05, 0) is 60.7 Å². The number of anilines is 2. The number of para-hydroxylation sites is 1. The van der Waals surface area contributed by atoms with Gasteiger partial charge < -0.3 is 15.1 Å². The van der Waals surface area contributed by atoms with Gasteiger partial charge in [0.1, 0.15) is 0 Å². The average Bonchev–Trinajstić information content (AvgIpc) is 3.57. The van der Waals surface area contributed by atoms with E-state index in [1.165, 1.54) is 35.9 Å². The maximum absolute atomic E-state index is 13.0. The lowest BCUT2D eigenvalue weighted by atomic mass is 10.1. The second-order valence-corrected chi connectivity index (χ2v) is 9.77. The summed E-state index contributed by atoms with van der Waals surface area (Å²) in [7, 11) is 0. The molecule has 0 saturated carbocycles. The van der Waals surface area contributed by atoms with E-state index in [0.717, 1.165) is 42.2 Å². The van der Waals surface area contributed by atoms with E-state index in [9.17, 15) is 9.59 Å². The van der Waals surface area contributed by atoms with Crippen molar-refractivity contribution in [1.29, 1.82) is 0 Å². The molecule has 2 aliphatic heterocycles. The number of amides is 2. The Balaban J connectivity index is 1.18. The summed E-state index contributed by atoms with van der Waals surface area (Å²) in [5, 5.41) is 3.04. The van der Waals surface area contributed by atoms with E-state index in [1.54, 1.807) is 0 Å². The number of thioether (sulfide) groups is 1. The standard InChI is InChI=1S/C28H29N3O2S/c32-27(31-18-15-22-7-1-3-9-25(22)31)20-34-26-10-4-2-8-24(26)28(33)29-19-21-11-13-23(14-12-21)30-16-5-6-17-30/h1-4,7-14H,5-6,15-20H2,(H,29,33). The van der Waals surface area contributed by atoms with Gasteiger partial charge in [0.25, 0.3) is 5.91 Å². The van der Waals surface area contributed by atoms with Gasteiger partial charge in [-0.2, -0.15) is 0 Å². The number of nitrogens with one attached hydrogen (secondary N) is 1. The van der Waals surface area contributed by atoms with Gasteiger partial charge in [0.05, 0.1) is 11.3 Å². The Morgan fingerprint density at radius 1 is 0.853 bits per heavy atom. The molecule has 1 saturated heterocycles. The van der Waals surface area contributed by atoms with Crippen LogP contribution in [0.25, 0.3) is 0 Å². The van der Waals surface area contributed by atoms with Crippen molar-refractivity contribution in [3.63, 3.8) is 0 Å². The number of nitrogens with zero attached hydrogens (tertiary/aromatic N) is 2. The Kier molecular flexibility index (Phi) is 6.86. The number of hydrogen-bond acceptors (Lipinski definition) is 4. The Hall–Kier alpha value is -3.25. The van der Waals surface area contributed by atoms with Gasteiger partial charge in [0.15, 0.2) is 0 Å². The van der Waals surface area contributed by atoms with Gasteiger partial charge in [0, 0.05) is 42.4 Å². The molecule has 2 amide bonds. The molecule has 1 fully saturated rings. The molecule has 6 heteroatoms. The molecule has 0 aliphatic carbocycles. The summed E-state index contributed by atoms with van der Waals surface area (Å²) in [5.74, 6) is 0.255. The van der Waals surface area contributed by atoms with Crippen LogP contribution in [0.1, 0.15) is 34.3 Å². The van der Waals surface area contributed by atoms with Crippen LogP contribution >= 0.6 is 11.8 Å². The third-order valence-corrected chi connectivity index (χ3v) is 7.59. The predicted octanol–water partition coefficient (Wildman–Crippen LogP) is 4.90. The molecule has 0 spiro atoms. The quantitative estimate of drug-likeness (QED) is 0.498. The fourth-order valence-corrected chi connectivity index (χ4v) is 5.60. The molecule has 5 nitrogen and oxygen atoms in total. The number of fused-ring (bicyclic) bond motifs is 1. The van der Waals surface area contributed by atoms with E-state index in [-0.39, 0.29) is 11.8 Å². The highest BCUT2D eigenvalue weighted by Crippen LogP contribution is 2.30. The van der Waals surface area contributed by atoms with Crippen LogP contribution in [-0.4, -0.2) is 37.2 Å². The molecule has 1 N–H and O–H groups in total. The molecule has 3 aromatic carbocycles. The third-order valence-electron chi connectivity index (χ3n) is 6.53. The van der Waals surface area contributed by atoms with Crippen molar-refractivity contribution in [3.05, 3.63) is 89.5 Å². The molecule has 0 unspecified atom stereocenters. The SMILES string of the molecule is O=C(NCc1ccc(N2CCCC2)cc1)c1ccccc1SCC(=O)N1CCc2ccccc21. The first-order chi connectivity index (χ1) is 16.7. The van der Waals surface area contributed by atoms with Gasteiger partial charge in [-0.3, -0.25) is 9.59 Å². The highest BCUT2D eigenvalue weighted by molar-refractivity contribution is 8.00. The number of hydrogen-bond donors (Lipinski definition) is 1. The lowest BCUT2D eigenvalue weighted by molar-refractivity contribution is -0.116. The molecule has 0 radical (unpaired) electrons. The summed E-state index contributed by atoms with van der Waals surface area (Å²) >= 11 is 1.43. The van der Waals surface area contributed by atoms with E-state index in [4.69, 9.17) is 0 Å². The van der Waals surface area contributed by atoms with Crippen LogP contribution in [0.2, 0.25) is 0 Å². The third kappa shape index (κ3) is 4.97. The number of benzene rings is 3. The Morgan fingerprint density at radius 3 is 2.41 bits per heavy atom. The molecular weight excluding hydrogens is 442 g/mol. The van der Waals surface area contributed by atoms with Crippen LogP contribution in [0.5, 0.6) is 0 Å². The smallest absolute Gasteiger partial charge is 0.252 e. The van der Waals surface area contributed by atoms with Gasteiger partial charge in [-0.1, -0.05) is 42.5 Å². The first-order valence-corrected chi connectivity index (χ1v) is 12.9. The van der Waals surface area contributed by atoms with E-state index >= 15 is 0 Å². The highest BCUT2D eigenvalue weighted by atomic mass is 32.2. The molecule has 0 aromatic heterocycles. The van der Waals surface area contributed by atoms with Crippen molar-refractivity contribution in [2.24, 2.45) is 0 Å². The van der Waals surface area contributed by atoms with Crippen molar-refractivity contribution in [1.82, 2.24) is 5.32 Å². The zero-order valence-corrected chi connectivity index (χ0v) is 20.0. The maximum atomic E-state index is 13.0. The molecule has 2 aliphatic rings. The van der Waals surface area contributed by atoms with Gasteiger partial charge in [-0.25, -0.2) is 0 Å².